The van der Waals surface area contributed by atoms with Gasteiger partial charge in [-0.05, 0) is 61.9 Å². The van der Waals surface area contributed by atoms with Crippen molar-refractivity contribution in [3.8, 4) is 22.9 Å². The van der Waals surface area contributed by atoms with Crippen molar-refractivity contribution in [2.24, 2.45) is 5.92 Å². The number of hydrogen-bond acceptors (Lipinski definition) is 8. The average molecular weight is 605 g/mol. The van der Waals surface area contributed by atoms with Crippen LogP contribution in [0.4, 0.5) is 16.4 Å². The molecule has 5 rings (SSSR count). The van der Waals surface area contributed by atoms with Crippen LogP contribution in [-0.4, -0.2) is 64.4 Å². The highest BCUT2D eigenvalue weighted by Gasteiger charge is 2.24. The molecule has 12 heteroatoms. The summed E-state index contributed by atoms with van der Waals surface area (Å²) in [5.41, 5.74) is 3.42. The number of piperidine rings is 1. The normalized spacial score (nSPS) is 15.5. The number of aromatic nitrogens is 3. The molecule has 1 aliphatic rings. The molecule has 11 nitrogen and oxygen atoms in total. The van der Waals surface area contributed by atoms with Crippen LogP contribution in [0.3, 0.4) is 0 Å². The summed E-state index contributed by atoms with van der Waals surface area (Å²) in [7, 11) is -3.55. The van der Waals surface area contributed by atoms with E-state index in [1.54, 1.807) is 24.5 Å². The van der Waals surface area contributed by atoms with Gasteiger partial charge in [-0.3, -0.25) is 4.72 Å². The minimum absolute atomic E-state index is 0.0175. The second-order valence-electron chi connectivity index (χ2n) is 11.3. The summed E-state index contributed by atoms with van der Waals surface area (Å²) >= 11 is 0. The molecule has 1 unspecified atom stereocenters. The van der Waals surface area contributed by atoms with Gasteiger partial charge in [0.1, 0.15) is 5.75 Å². The third-order valence-corrected chi connectivity index (χ3v) is 8.91. The highest BCUT2D eigenvalue weighted by atomic mass is 32.2. The van der Waals surface area contributed by atoms with E-state index in [1.165, 1.54) is 4.90 Å². The Kier molecular flexibility index (Phi) is 8.67. The van der Waals surface area contributed by atoms with E-state index < -0.39 is 16.1 Å². The maximum atomic E-state index is 12.9. The fourth-order valence-electron chi connectivity index (χ4n) is 5.30. The van der Waals surface area contributed by atoms with Crippen molar-refractivity contribution >= 4 is 38.5 Å². The van der Waals surface area contributed by atoms with Gasteiger partial charge in [0.15, 0.2) is 0 Å². The number of fused-ring (bicyclic) bond motifs is 1. The molecule has 1 amide bonds. The van der Waals surface area contributed by atoms with E-state index in [0.717, 1.165) is 34.7 Å². The summed E-state index contributed by atoms with van der Waals surface area (Å²) in [6.45, 7) is 8.42. The largest absolute Gasteiger partial charge is 0.465 e. The number of hydrogen-bond donors (Lipinski definition) is 3. The SMILES string of the molecule is Cc1ccc2c(Oc3ncccc3-c3ccnc(NC4CCCN(C(=O)O)C4)n3)c(C)ccc2c1NS(=O)(=O)CC(C)C. The highest BCUT2D eigenvalue weighted by Crippen LogP contribution is 2.40. The van der Waals surface area contributed by atoms with Crippen molar-refractivity contribution in [2.75, 3.05) is 28.9 Å². The Bertz CT molecular complexity index is 1760. The molecule has 3 heterocycles. The van der Waals surface area contributed by atoms with Gasteiger partial charge in [0, 0.05) is 42.3 Å². The minimum Gasteiger partial charge on any atom is -0.465 e. The number of amides is 1. The molecule has 0 spiro atoms. The molecule has 0 aliphatic carbocycles. The van der Waals surface area contributed by atoms with Crippen LogP contribution < -0.4 is 14.8 Å². The van der Waals surface area contributed by atoms with Crippen LogP contribution in [0.15, 0.2) is 54.9 Å². The lowest BCUT2D eigenvalue weighted by Gasteiger charge is -2.31. The maximum Gasteiger partial charge on any atom is 0.407 e. The number of rotatable bonds is 9. The molecule has 0 radical (unpaired) electrons. The van der Waals surface area contributed by atoms with Crippen LogP contribution in [0.5, 0.6) is 11.6 Å². The first-order valence-corrected chi connectivity index (χ1v) is 15.9. The lowest BCUT2D eigenvalue weighted by molar-refractivity contribution is 0.132. The van der Waals surface area contributed by atoms with E-state index in [0.29, 0.717) is 47.6 Å². The third kappa shape index (κ3) is 6.96. The van der Waals surface area contributed by atoms with Crippen LogP contribution >= 0.6 is 0 Å². The number of pyridine rings is 1. The predicted molar refractivity (Wildman–Crippen MR) is 167 cm³/mol. The molecule has 2 aromatic heterocycles. The Labute approximate surface area is 251 Å². The maximum absolute atomic E-state index is 12.9. The van der Waals surface area contributed by atoms with E-state index in [2.05, 4.69) is 20.0 Å². The number of aryl methyl sites for hydroxylation is 2. The minimum atomic E-state index is -3.55. The number of likely N-dealkylation sites (tertiary alicyclic amines) is 1. The van der Waals surface area contributed by atoms with Gasteiger partial charge in [-0.1, -0.05) is 38.1 Å². The molecule has 226 valence electrons. The molecule has 0 bridgehead atoms. The van der Waals surface area contributed by atoms with E-state index >= 15 is 0 Å². The first kappa shape index (κ1) is 30.0. The number of nitrogens with one attached hydrogen (secondary N) is 2. The van der Waals surface area contributed by atoms with Gasteiger partial charge in [-0.2, -0.15) is 0 Å². The average Bonchev–Trinajstić information content (AvgIpc) is 2.96. The lowest BCUT2D eigenvalue weighted by atomic mass is 10.0. The molecule has 2 aromatic carbocycles. The van der Waals surface area contributed by atoms with E-state index in [-0.39, 0.29) is 17.7 Å². The Morgan fingerprint density at radius 3 is 2.60 bits per heavy atom. The Hall–Kier alpha value is -4.45. The standard InChI is InChI=1S/C31H36N6O5S/c1-19(2)18-43(40,41)36-27-20(3)9-12-24-23(27)11-10-21(4)28(24)42-29-25(8-5-14-32-29)26-13-15-33-30(35-26)34-22-7-6-16-37(17-22)31(38)39/h5,8-15,19,22,36H,6-7,16-18H2,1-4H3,(H,38,39)(H,33,34,35). The second-order valence-corrected chi connectivity index (χ2v) is 13.0. The van der Waals surface area contributed by atoms with Gasteiger partial charge in [-0.25, -0.2) is 28.2 Å². The summed E-state index contributed by atoms with van der Waals surface area (Å²) in [6.07, 6.45) is 3.92. The van der Waals surface area contributed by atoms with Gasteiger partial charge in [0.25, 0.3) is 0 Å². The van der Waals surface area contributed by atoms with Gasteiger partial charge in [-0.15, -0.1) is 0 Å². The highest BCUT2D eigenvalue weighted by molar-refractivity contribution is 7.92. The first-order chi connectivity index (χ1) is 20.5. The second kappa shape index (κ2) is 12.4. The van der Waals surface area contributed by atoms with Gasteiger partial charge in [0.2, 0.25) is 21.9 Å². The van der Waals surface area contributed by atoms with Crippen LogP contribution in [-0.2, 0) is 10.0 Å². The van der Waals surface area contributed by atoms with Crippen LogP contribution in [0.25, 0.3) is 22.0 Å². The van der Waals surface area contributed by atoms with Crippen molar-refractivity contribution in [3.05, 3.63) is 66.0 Å². The molecule has 1 atom stereocenters. The molecule has 4 aromatic rings. The first-order valence-electron chi connectivity index (χ1n) is 14.2. The zero-order valence-electron chi connectivity index (χ0n) is 24.7. The summed E-state index contributed by atoms with van der Waals surface area (Å²) in [5.74, 6) is 1.28. The topological polar surface area (TPSA) is 147 Å². The molecular weight excluding hydrogens is 568 g/mol. The Balaban J connectivity index is 1.47. The van der Waals surface area contributed by atoms with Crippen LogP contribution in [0, 0.1) is 19.8 Å². The summed E-state index contributed by atoms with van der Waals surface area (Å²) in [5, 5.41) is 14.1. The zero-order chi connectivity index (χ0) is 30.7. The van der Waals surface area contributed by atoms with Crippen molar-refractivity contribution in [1.82, 2.24) is 19.9 Å². The number of nitrogens with zero attached hydrogens (tertiary/aromatic N) is 4. The molecular formula is C31H36N6O5S. The quantitative estimate of drug-likeness (QED) is 0.208. The van der Waals surface area contributed by atoms with E-state index in [1.807, 2.05) is 58.0 Å². The van der Waals surface area contributed by atoms with E-state index in [4.69, 9.17) is 9.72 Å². The van der Waals surface area contributed by atoms with Gasteiger partial charge >= 0.3 is 6.09 Å². The fraction of sp³-hybridized carbons (Fsp3) is 0.355. The van der Waals surface area contributed by atoms with Crippen molar-refractivity contribution in [1.29, 1.82) is 0 Å². The molecule has 1 aliphatic heterocycles. The number of carbonyl (C=O) groups is 1. The lowest BCUT2D eigenvalue weighted by Crippen LogP contribution is -2.44. The fourth-order valence-corrected chi connectivity index (χ4v) is 6.84. The predicted octanol–water partition coefficient (Wildman–Crippen LogP) is 6.05. The molecule has 1 saturated heterocycles. The number of sulfonamides is 1. The number of ether oxygens (including phenoxy) is 1. The number of carboxylic acid groups (broad SMARTS) is 1. The zero-order valence-corrected chi connectivity index (χ0v) is 25.5. The van der Waals surface area contributed by atoms with Crippen molar-refractivity contribution in [3.63, 3.8) is 0 Å². The van der Waals surface area contributed by atoms with E-state index in [9.17, 15) is 18.3 Å². The monoisotopic (exact) mass is 604 g/mol. The smallest absolute Gasteiger partial charge is 0.407 e. The molecule has 3 N–H and O–H groups in total. The Morgan fingerprint density at radius 1 is 1.07 bits per heavy atom. The summed E-state index contributed by atoms with van der Waals surface area (Å²) < 4.78 is 35.0. The molecule has 43 heavy (non-hydrogen) atoms. The Morgan fingerprint density at radius 2 is 1.84 bits per heavy atom. The van der Waals surface area contributed by atoms with Crippen LogP contribution in [0.1, 0.15) is 37.8 Å². The molecule has 1 fully saturated rings. The molecule has 0 saturated carbocycles. The number of anilines is 2. The van der Waals surface area contributed by atoms with Crippen molar-refractivity contribution in [2.45, 2.75) is 46.6 Å². The van der Waals surface area contributed by atoms with Gasteiger partial charge < -0.3 is 20.1 Å². The van der Waals surface area contributed by atoms with Gasteiger partial charge in [0.05, 0.1) is 22.7 Å². The van der Waals surface area contributed by atoms with Crippen LogP contribution in [0.2, 0.25) is 0 Å². The third-order valence-electron chi connectivity index (χ3n) is 7.29. The summed E-state index contributed by atoms with van der Waals surface area (Å²) in [4.78, 5) is 26.4. The summed E-state index contributed by atoms with van der Waals surface area (Å²) in [6, 6.07) is 12.9. The van der Waals surface area contributed by atoms with Crippen molar-refractivity contribution < 1.29 is 23.1 Å². The number of benzene rings is 2.